The lowest BCUT2D eigenvalue weighted by Gasteiger charge is -2.07. The highest BCUT2D eigenvalue weighted by Crippen LogP contribution is 2.14. The maximum absolute atomic E-state index is 12.4. The van der Waals surface area contributed by atoms with E-state index in [2.05, 4.69) is 10.3 Å². The number of anilines is 1. The molecule has 0 atom stereocenters. The third-order valence-electron chi connectivity index (χ3n) is 3.98. The smallest absolute Gasteiger partial charge is 0.338 e. The van der Waals surface area contributed by atoms with Crippen LogP contribution in [0.1, 0.15) is 32.4 Å². The molecule has 1 aromatic carbocycles. The molecule has 1 amide bonds. The van der Waals surface area contributed by atoms with Gasteiger partial charge in [0, 0.05) is 17.8 Å². The SMILES string of the molecule is Cc1cc2nc(COC(=O)c3cccc(NC(=O)c4ccco4)c3)cc(=O)n2o1. The van der Waals surface area contributed by atoms with E-state index in [0.29, 0.717) is 22.8 Å². The average molecular weight is 393 g/mol. The Bertz CT molecular complexity index is 1250. The van der Waals surface area contributed by atoms with Crippen LogP contribution >= 0.6 is 0 Å². The fourth-order valence-electron chi connectivity index (χ4n) is 2.69. The summed E-state index contributed by atoms with van der Waals surface area (Å²) >= 11 is 0. The first kappa shape index (κ1) is 18.2. The molecule has 0 radical (unpaired) electrons. The monoisotopic (exact) mass is 393 g/mol. The number of benzene rings is 1. The van der Waals surface area contributed by atoms with Gasteiger partial charge in [-0.3, -0.25) is 9.59 Å². The lowest BCUT2D eigenvalue weighted by atomic mass is 10.2. The predicted octanol–water partition coefficient (Wildman–Crippen LogP) is 2.80. The fourth-order valence-corrected chi connectivity index (χ4v) is 2.69. The number of amides is 1. The molecule has 0 saturated carbocycles. The van der Waals surface area contributed by atoms with E-state index >= 15 is 0 Å². The Morgan fingerprint density at radius 1 is 1.17 bits per heavy atom. The molecular weight excluding hydrogens is 378 g/mol. The Hall–Kier alpha value is -4.14. The Morgan fingerprint density at radius 3 is 2.83 bits per heavy atom. The topological polar surface area (TPSA) is 116 Å². The lowest BCUT2D eigenvalue weighted by molar-refractivity contribution is 0.0467. The van der Waals surface area contributed by atoms with Crippen molar-refractivity contribution in [1.82, 2.24) is 9.56 Å². The van der Waals surface area contributed by atoms with Crippen LogP contribution in [-0.4, -0.2) is 21.4 Å². The number of aromatic nitrogens is 2. The van der Waals surface area contributed by atoms with Crippen molar-refractivity contribution in [3.8, 4) is 0 Å². The molecule has 1 N–H and O–H groups in total. The average Bonchev–Trinajstić information content (AvgIpc) is 3.36. The summed E-state index contributed by atoms with van der Waals surface area (Å²) in [6, 6.07) is 12.3. The minimum atomic E-state index is -0.621. The molecule has 146 valence electrons. The van der Waals surface area contributed by atoms with Crippen LogP contribution in [0.3, 0.4) is 0 Å². The van der Waals surface area contributed by atoms with Gasteiger partial charge < -0.3 is 19.0 Å². The minimum absolute atomic E-state index is 0.153. The van der Waals surface area contributed by atoms with Gasteiger partial charge >= 0.3 is 5.97 Å². The molecule has 3 aromatic heterocycles. The van der Waals surface area contributed by atoms with Gasteiger partial charge in [-0.2, -0.15) is 0 Å². The number of rotatable bonds is 5. The quantitative estimate of drug-likeness (QED) is 0.518. The standard InChI is InChI=1S/C20H15N3O6/c1-12-8-17-21-15(10-18(24)23(17)29-12)11-28-20(26)13-4-2-5-14(9-13)22-19(25)16-6-3-7-27-16/h2-10H,11H2,1H3,(H,22,25). The van der Waals surface area contributed by atoms with E-state index < -0.39 is 17.4 Å². The Balaban J connectivity index is 1.45. The molecule has 9 nitrogen and oxygen atoms in total. The number of ether oxygens (including phenoxy) is 1. The van der Waals surface area contributed by atoms with Gasteiger partial charge in [-0.05, 0) is 37.3 Å². The predicted molar refractivity (Wildman–Crippen MR) is 101 cm³/mol. The molecule has 0 fully saturated rings. The van der Waals surface area contributed by atoms with E-state index in [4.69, 9.17) is 13.7 Å². The third kappa shape index (κ3) is 3.93. The molecule has 9 heteroatoms. The molecular formula is C20H15N3O6. The van der Waals surface area contributed by atoms with Crippen LogP contribution in [0.4, 0.5) is 5.69 Å². The van der Waals surface area contributed by atoms with Gasteiger partial charge in [-0.25, -0.2) is 9.78 Å². The molecule has 0 bridgehead atoms. The van der Waals surface area contributed by atoms with Gasteiger partial charge in [0.15, 0.2) is 11.4 Å². The van der Waals surface area contributed by atoms with Gasteiger partial charge in [0.2, 0.25) is 0 Å². The maximum Gasteiger partial charge on any atom is 0.338 e. The van der Waals surface area contributed by atoms with Crippen molar-refractivity contribution in [3.05, 3.63) is 87.9 Å². The van der Waals surface area contributed by atoms with Crippen LogP contribution in [0.15, 0.2) is 68.5 Å². The number of furan rings is 1. The summed E-state index contributed by atoms with van der Waals surface area (Å²) < 4.78 is 16.5. The molecule has 0 aliphatic carbocycles. The van der Waals surface area contributed by atoms with E-state index in [1.54, 1.807) is 37.3 Å². The number of nitrogens with zero attached hydrogens (tertiary/aromatic N) is 2. The van der Waals surface area contributed by atoms with Crippen molar-refractivity contribution in [2.45, 2.75) is 13.5 Å². The molecule has 29 heavy (non-hydrogen) atoms. The second-order valence-corrected chi connectivity index (χ2v) is 6.17. The lowest BCUT2D eigenvalue weighted by Crippen LogP contribution is -2.15. The molecule has 0 saturated heterocycles. The molecule has 0 aliphatic heterocycles. The summed E-state index contributed by atoms with van der Waals surface area (Å²) in [7, 11) is 0. The van der Waals surface area contributed by atoms with Gasteiger partial charge in [-0.1, -0.05) is 6.07 Å². The summed E-state index contributed by atoms with van der Waals surface area (Å²) in [5.74, 6) is -0.365. The molecule has 0 aliphatic rings. The van der Waals surface area contributed by atoms with Crippen LogP contribution in [0.5, 0.6) is 0 Å². The highest BCUT2D eigenvalue weighted by atomic mass is 16.5. The van der Waals surface area contributed by atoms with E-state index in [1.165, 1.54) is 24.5 Å². The van der Waals surface area contributed by atoms with Gasteiger partial charge in [0.1, 0.15) is 12.4 Å². The van der Waals surface area contributed by atoms with Crippen LogP contribution in [0, 0.1) is 6.92 Å². The number of hydrogen-bond acceptors (Lipinski definition) is 7. The van der Waals surface area contributed by atoms with Gasteiger partial charge in [0.25, 0.3) is 11.5 Å². The number of fused-ring (bicyclic) bond motifs is 1. The van der Waals surface area contributed by atoms with Crippen LogP contribution in [0.25, 0.3) is 5.65 Å². The zero-order valence-corrected chi connectivity index (χ0v) is 15.2. The number of carbonyl (C=O) groups excluding carboxylic acids is 2. The number of esters is 1. The second kappa shape index (κ2) is 7.47. The molecule has 4 aromatic rings. The number of aryl methyl sites for hydroxylation is 1. The summed E-state index contributed by atoms with van der Waals surface area (Å²) in [4.78, 5) is 40.6. The second-order valence-electron chi connectivity index (χ2n) is 6.17. The maximum atomic E-state index is 12.4. The van der Waals surface area contributed by atoms with Gasteiger partial charge in [-0.15, -0.1) is 4.57 Å². The fraction of sp³-hybridized carbons (Fsp3) is 0.100. The highest BCUT2D eigenvalue weighted by Gasteiger charge is 2.13. The van der Waals surface area contributed by atoms with Crippen molar-refractivity contribution < 1.29 is 23.3 Å². The van der Waals surface area contributed by atoms with Crippen molar-refractivity contribution in [1.29, 1.82) is 0 Å². The summed E-state index contributed by atoms with van der Waals surface area (Å²) in [6.45, 7) is 1.52. The Morgan fingerprint density at radius 2 is 2.03 bits per heavy atom. The van der Waals surface area contributed by atoms with E-state index in [1.807, 2.05) is 0 Å². The largest absolute Gasteiger partial charge is 0.459 e. The summed E-state index contributed by atoms with van der Waals surface area (Å²) in [5.41, 5.74) is 0.874. The first-order valence-electron chi connectivity index (χ1n) is 8.61. The summed E-state index contributed by atoms with van der Waals surface area (Å²) in [5, 5.41) is 2.64. The molecule has 3 heterocycles. The molecule has 0 spiro atoms. The van der Waals surface area contributed by atoms with Crippen molar-refractivity contribution >= 4 is 23.2 Å². The zero-order chi connectivity index (χ0) is 20.4. The summed E-state index contributed by atoms with van der Waals surface area (Å²) in [6.07, 6.45) is 1.39. The van der Waals surface area contributed by atoms with Crippen LogP contribution < -0.4 is 10.9 Å². The first-order chi connectivity index (χ1) is 14.0. The minimum Gasteiger partial charge on any atom is -0.459 e. The Kier molecular flexibility index (Phi) is 4.70. The van der Waals surface area contributed by atoms with Crippen LogP contribution in [-0.2, 0) is 11.3 Å². The van der Waals surface area contributed by atoms with Crippen molar-refractivity contribution in [2.24, 2.45) is 0 Å². The van der Waals surface area contributed by atoms with E-state index in [-0.39, 0.29) is 17.9 Å². The van der Waals surface area contributed by atoms with Gasteiger partial charge in [0.05, 0.1) is 17.5 Å². The molecule has 0 unspecified atom stereocenters. The Labute approximate surface area is 163 Å². The zero-order valence-electron chi connectivity index (χ0n) is 15.2. The van der Waals surface area contributed by atoms with Crippen molar-refractivity contribution in [2.75, 3.05) is 5.32 Å². The van der Waals surface area contributed by atoms with Crippen LogP contribution in [0.2, 0.25) is 0 Å². The number of nitrogens with one attached hydrogen (secondary N) is 1. The van der Waals surface area contributed by atoms with Crippen molar-refractivity contribution in [3.63, 3.8) is 0 Å². The normalized spacial score (nSPS) is 10.8. The number of carbonyl (C=O) groups is 2. The molecule has 4 rings (SSSR count). The third-order valence-corrected chi connectivity index (χ3v) is 3.98. The van der Waals surface area contributed by atoms with E-state index in [0.717, 1.165) is 4.57 Å². The van der Waals surface area contributed by atoms with E-state index in [9.17, 15) is 14.4 Å². The number of hydrogen-bond donors (Lipinski definition) is 1. The first-order valence-corrected chi connectivity index (χ1v) is 8.61. The highest BCUT2D eigenvalue weighted by molar-refractivity contribution is 6.03.